The van der Waals surface area contributed by atoms with Gasteiger partial charge in [0.1, 0.15) is 12.4 Å². The fourth-order valence-electron chi connectivity index (χ4n) is 3.92. The average molecular weight is 428 g/mol. The van der Waals surface area contributed by atoms with Crippen molar-refractivity contribution >= 4 is 5.96 Å². The van der Waals surface area contributed by atoms with Gasteiger partial charge in [-0.2, -0.15) is 5.10 Å². The Bertz CT molecular complexity index is 847. The summed E-state index contributed by atoms with van der Waals surface area (Å²) in [5.74, 6) is 2.63. The molecule has 1 aromatic carbocycles. The first-order valence-corrected chi connectivity index (χ1v) is 11.2. The Kier molecular flexibility index (Phi) is 8.03. The van der Waals surface area contributed by atoms with Crippen molar-refractivity contribution in [1.82, 2.24) is 30.7 Å². The van der Waals surface area contributed by atoms with Crippen LogP contribution in [0.2, 0.25) is 0 Å². The molecule has 1 aromatic heterocycles. The van der Waals surface area contributed by atoms with E-state index in [-0.39, 0.29) is 17.6 Å². The minimum Gasteiger partial charge on any atom is -0.377 e. The molecule has 0 bridgehead atoms. The highest BCUT2D eigenvalue weighted by Crippen LogP contribution is 2.17. The number of nitrogens with one attached hydrogen (secondary N) is 3. The molecule has 3 N–H and O–H groups in total. The smallest absolute Gasteiger partial charge is 0.191 e. The van der Waals surface area contributed by atoms with E-state index in [9.17, 15) is 0 Å². The number of hydrogen-bond donors (Lipinski definition) is 3. The molecular formula is C23H37N7O. The summed E-state index contributed by atoms with van der Waals surface area (Å²) in [6, 6.07) is 11.0. The van der Waals surface area contributed by atoms with Crippen molar-refractivity contribution in [1.29, 1.82) is 0 Å². The van der Waals surface area contributed by atoms with Gasteiger partial charge in [-0.15, -0.1) is 0 Å². The number of hydrogen-bond acceptors (Lipinski definition) is 5. The van der Waals surface area contributed by atoms with E-state index in [2.05, 4.69) is 78.0 Å². The number of guanidine groups is 1. The number of fused-ring (bicyclic) bond motifs is 1. The van der Waals surface area contributed by atoms with E-state index in [1.54, 1.807) is 7.11 Å². The maximum atomic E-state index is 5.16. The van der Waals surface area contributed by atoms with Gasteiger partial charge in [-0.3, -0.25) is 4.99 Å². The third kappa shape index (κ3) is 6.77. The summed E-state index contributed by atoms with van der Waals surface area (Å²) in [7, 11) is 1.67. The lowest BCUT2D eigenvalue weighted by molar-refractivity contribution is 0.177. The van der Waals surface area contributed by atoms with E-state index >= 15 is 0 Å². The van der Waals surface area contributed by atoms with Gasteiger partial charge >= 0.3 is 0 Å². The van der Waals surface area contributed by atoms with Crippen LogP contribution in [0.15, 0.2) is 35.3 Å². The molecule has 0 aliphatic carbocycles. The van der Waals surface area contributed by atoms with E-state index in [4.69, 9.17) is 9.73 Å². The number of rotatable bonds is 9. The second kappa shape index (κ2) is 10.7. The molecule has 2 heterocycles. The molecule has 3 rings (SSSR count). The zero-order valence-electron chi connectivity index (χ0n) is 19.5. The summed E-state index contributed by atoms with van der Waals surface area (Å²) >= 11 is 0. The van der Waals surface area contributed by atoms with Gasteiger partial charge in [0.15, 0.2) is 11.8 Å². The maximum Gasteiger partial charge on any atom is 0.191 e. The molecule has 0 saturated carbocycles. The molecule has 0 amide bonds. The monoisotopic (exact) mass is 427 g/mol. The lowest BCUT2D eigenvalue weighted by Gasteiger charge is -2.30. The van der Waals surface area contributed by atoms with Gasteiger partial charge in [0.25, 0.3) is 0 Å². The molecule has 1 aliphatic rings. The quantitative estimate of drug-likeness (QED) is 0.421. The van der Waals surface area contributed by atoms with Gasteiger partial charge in [0.2, 0.25) is 0 Å². The number of methoxy groups -OCH3 is 1. The molecule has 8 heteroatoms. The van der Waals surface area contributed by atoms with Crippen LogP contribution < -0.4 is 16.0 Å². The zero-order valence-corrected chi connectivity index (χ0v) is 19.5. The predicted octanol–water partition coefficient (Wildman–Crippen LogP) is 2.42. The van der Waals surface area contributed by atoms with E-state index in [1.165, 1.54) is 5.56 Å². The third-order valence-corrected chi connectivity index (χ3v) is 5.40. The summed E-state index contributed by atoms with van der Waals surface area (Å²) in [5.41, 5.74) is 1.14. The van der Waals surface area contributed by atoms with Crippen LogP contribution in [0.1, 0.15) is 57.4 Å². The van der Waals surface area contributed by atoms with Crippen molar-refractivity contribution in [3.05, 3.63) is 47.5 Å². The molecule has 2 unspecified atom stereocenters. The van der Waals surface area contributed by atoms with Crippen LogP contribution in [0.4, 0.5) is 0 Å². The molecule has 2 atom stereocenters. The molecule has 170 valence electrons. The average Bonchev–Trinajstić information content (AvgIpc) is 3.14. The molecular weight excluding hydrogens is 390 g/mol. The van der Waals surface area contributed by atoms with Crippen molar-refractivity contribution in [2.75, 3.05) is 20.2 Å². The Morgan fingerprint density at radius 3 is 2.81 bits per heavy atom. The lowest BCUT2D eigenvalue weighted by Crippen LogP contribution is -2.49. The summed E-state index contributed by atoms with van der Waals surface area (Å²) in [4.78, 5) is 9.44. The number of ether oxygens (including phenoxy) is 1. The number of benzene rings is 1. The largest absolute Gasteiger partial charge is 0.377 e. The number of aryl methyl sites for hydroxylation is 1. The molecule has 0 fully saturated rings. The molecule has 1 aliphatic heterocycles. The highest BCUT2D eigenvalue weighted by molar-refractivity contribution is 5.80. The highest BCUT2D eigenvalue weighted by atomic mass is 16.5. The summed E-state index contributed by atoms with van der Waals surface area (Å²) in [5, 5.41) is 15.2. The topological polar surface area (TPSA) is 88.4 Å². The maximum absolute atomic E-state index is 5.16. The van der Waals surface area contributed by atoms with Crippen LogP contribution in [-0.4, -0.2) is 52.5 Å². The second-order valence-electron chi connectivity index (χ2n) is 8.80. The van der Waals surface area contributed by atoms with Gasteiger partial charge < -0.3 is 20.7 Å². The van der Waals surface area contributed by atoms with Gasteiger partial charge in [-0.25, -0.2) is 9.67 Å². The van der Waals surface area contributed by atoms with Crippen molar-refractivity contribution in [3.63, 3.8) is 0 Å². The first-order chi connectivity index (χ1) is 14.9. The van der Waals surface area contributed by atoms with Crippen LogP contribution in [0.5, 0.6) is 0 Å². The fourth-order valence-corrected chi connectivity index (χ4v) is 3.92. The van der Waals surface area contributed by atoms with Crippen LogP contribution in [-0.2, 0) is 24.3 Å². The van der Waals surface area contributed by atoms with Crippen LogP contribution in [0.3, 0.4) is 0 Å². The van der Waals surface area contributed by atoms with Crippen molar-refractivity contribution in [2.24, 2.45) is 4.99 Å². The summed E-state index contributed by atoms with van der Waals surface area (Å²) in [6.45, 7) is 11.4. The summed E-state index contributed by atoms with van der Waals surface area (Å²) in [6.07, 6.45) is 1.90. The minimum atomic E-state index is -0.141. The molecule has 8 nitrogen and oxygen atoms in total. The molecule has 31 heavy (non-hydrogen) atoms. The van der Waals surface area contributed by atoms with Crippen LogP contribution in [0.25, 0.3) is 0 Å². The Morgan fingerprint density at radius 2 is 2.10 bits per heavy atom. The predicted molar refractivity (Wildman–Crippen MR) is 124 cm³/mol. The first-order valence-electron chi connectivity index (χ1n) is 11.2. The number of aliphatic imine (C=N–C) groups is 1. The SMILES string of the molecule is CCNC(=NCC(C)(C)NC(C)c1ccccc1)NC1CCc2nc(COC)nn2C1. The molecule has 0 saturated heterocycles. The van der Waals surface area contributed by atoms with Crippen LogP contribution >= 0.6 is 0 Å². The van der Waals surface area contributed by atoms with E-state index < -0.39 is 0 Å². The van der Waals surface area contributed by atoms with Crippen molar-refractivity contribution < 1.29 is 4.74 Å². The van der Waals surface area contributed by atoms with Gasteiger partial charge in [0, 0.05) is 37.7 Å². The second-order valence-corrected chi connectivity index (χ2v) is 8.80. The fraction of sp³-hybridized carbons (Fsp3) is 0.609. The van der Waals surface area contributed by atoms with Gasteiger partial charge in [-0.05, 0) is 39.7 Å². The van der Waals surface area contributed by atoms with Gasteiger partial charge in [-0.1, -0.05) is 30.3 Å². The number of nitrogens with zero attached hydrogens (tertiary/aromatic N) is 4. The molecule has 2 aromatic rings. The minimum absolute atomic E-state index is 0.141. The van der Waals surface area contributed by atoms with E-state index in [0.717, 1.165) is 43.5 Å². The van der Waals surface area contributed by atoms with E-state index in [0.29, 0.717) is 13.2 Å². The third-order valence-electron chi connectivity index (χ3n) is 5.40. The van der Waals surface area contributed by atoms with Gasteiger partial charge in [0.05, 0.1) is 13.1 Å². The zero-order chi connectivity index (χ0) is 22.3. The molecule has 0 radical (unpaired) electrons. The Hall–Kier alpha value is -2.45. The van der Waals surface area contributed by atoms with E-state index in [1.807, 2.05) is 10.7 Å². The lowest BCUT2D eigenvalue weighted by atomic mass is 10.0. The highest BCUT2D eigenvalue weighted by Gasteiger charge is 2.24. The van der Waals surface area contributed by atoms with Crippen molar-refractivity contribution in [2.45, 2.75) is 71.3 Å². The summed E-state index contributed by atoms with van der Waals surface area (Å²) < 4.78 is 7.15. The number of aromatic nitrogens is 3. The molecule has 0 spiro atoms. The van der Waals surface area contributed by atoms with Crippen molar-refractivity contribution in [3.8, 4) is 0 Å². The Balaban J connectivity index is 1.59. The van der Waals surface area contributed by atoms with Crippen LogP contribution in [0, 0.1) is 0 Å². The normalized spacial score (nSPS) is 17.8. The standard InChI is InChI=1S/C23H37N7O/c1-6-24-22(25-16-23(3,4)28-17(2)18-10-8-7-9-11-18)26-19-12-13-21-27-20(15-31-5)29-30(21)14-19/h7-11,17,19,28H,6,12-16H2,1-5H3,(H2,24,25,26). The Labute approximate surface area is 185 Å². The Morgan fingerprint density at radius 1 is 1.32 bits per heavy atom. The first kappa shape index (κ1) is 23.2.